The van der Waals surface area contributed by atoms with Crippen LogP contribution in [0.25, 0.3) is 0 Å². The Labute approximate surface area is 86.0 Å². The molecule has 0 aliphatic heterocycles. The molecule has 3 heteroatoms. The third-order valence-corrected chi connectivity index (χ3v) is 2.78. The van der Waals surface area contributed by atoms with Crippen LogP contribution < -0.4 is 0 Å². The summed E-state index contributed by atoms with van der Waals surface area (Å²) in [7, 11) is 0. The van der Waals surface area contributed by atoms with Crippen LogP contribution in [-0.4, -0.2) is 4.98 Å². The van der Waals surface area contributed by atoms with Crippen LogP contribution >= 0.6 is 22.9 Å². The van der Waals surface area contributed by atoms with E-state index in [1.54, 1.807) is 0 Å². The fourth-order valence-corrected chi connectivity index (χ4v) is 1.95. The van der Waals surface area contributed by atoms with Gasteiger partial charge in [0, 0.05) is 11.8 Å². The zero-order valence-corrected chi connectivity index (χ0v) is 8.48. The summed E-state index contributed by atoms with van der Waals surface area (Å²) in [6, 6.07) is 10.3. The highest BCUT2D eigenvalue weighted by atomic mass is 35.5. The molecule has 0 N–H and O–H groups in total. The van der Waals surface area contributed by atoms with Crippen molar-refractivity contribution in [2.24, 2.45) is 0 Å². The minimum absolute atomic E-state index is 0.617. The van der Waals surface area contributed by atoms with Gasteiger partial charge in [0.25, 0.3) is 0 Å². The molecule has 1 heterocycles. The van der Waals surface area contributed by atoms with Gasteiger partial charge in [0.2, 0.25) is 0 Å². The SMILES string of the molecule is Clc1nc(Cc2ccccc2)cs1. The van der Waals surface area contributed by atoms with E-state index in [4.69, 9.17) is 11.6 Å². The minimum atomic E-state index is 0.617. The van der Waals surface area contributed by atoms with Gasteiger partial charge in [-0.15, -0.1) is 11.3 Å². The first-order valence-corrected chi connectivity index (χ1v) is 5.24. The highest BCUT2D eigenvalue weighted by Gasteiger charge is 1.99. The van der Waals surface area contributed by atoms with Crippen molar-refractivity contribution in [1.29, 1.82) is 0 Å². The molecular weight excluding hydrogens is 202 g/mol. The molecule has 0 radical (unpaired) electrons. The van der Waals surface area contributed by atoms with Crippen molar-refractivity contribution in [3.63, 3.8) is 0 Å². The zero-order valence-electron chi connectivity index (χ0n) is 6.90. The Morgan fingerprint density at radius 2 is 2.00 bits per heavy atom. The predicted octanol–water partition coefficient (Wildman–Crippen LogP) is 3.39. The Kier molecular flexibility index (Phi) is 2.62. The van der Waals surface area contributed by atoms with Crippen LogP contribution in [0.2, 0.25) is 4.47 Å². The predicted molar refractivity (Wildman–Crippen MR) is 56.4 cm³/mol. The van der Waals surface area contributed by atoms with Gasteiger partial charge in [0.15, 0.2) is 4.47 Å². The molecule has 2 aromatic rings. The van der Waals surface area contributed by atoms with E-state index in [2.05, 4.69) is 17.1 Å². The second kappa shape index (κ2) is 3.90. The van der Waals surface area contributed by atoms with E-state index in [0.717, 1.165) is 12.1 Å². The lowest BCUT2D eigenvalue weighted by Crippen LogP contribution is -1.86. The second-order valence-corrected chi connectivity index (χ2v) is 4.19. The van der Waals surface area contributed by atoms with Gasteiger partial charge in [-0.1, -0.05) is 41.9 Å². The molecular formula is C10H8ClNS. The molecule has 0 fully saturated rings. The monoisotopic (exact) mass is 209 g/mol. The molecule has 0 amide bonds. The Bertz CT molecular complexity index is 383. The maximum Gasteiger partial charge on any atom is 0.183 e. The molecule has 0 saturated heterocycles. The number of halogens is 1. The number of thiazole rings is 1. The Hall–Kier alpha value is -0.860. The molecule has 1 aromatic carbocycles. The molecule has 1 aromatic heterocycles. The Morgan fingerprint density at radius 3 is 2.62 bits per heavy atom. The first kappa shape index (κ1) is 8.73. The Morgan fingerprint density at radius 1 is 1.23 bits per heavy atom. The van der Waals surface area contributed by atoms with Gasteiger partial charge in [-0.2, -0.15) is 0 Å². The molecule has 0 aliphatic carbocycles. The molecule has 0 unspecified atom stereocenters. The smallest absolute Gasteiger partial charge is 0.183 e. The van der Waals surface area contributed by atoms with E-state index >= 15 is 0 Å². The molecule has 0 saturated carbocycles. The van der Waals surface area contributed by atoms with Gasteiger partial charge in [0.1, 0.15) is 0 Å². The van der Waals surface area contributed by atoms with Crippen molar-refractivity contribution in [2.45, 2.75) is 6.42 Å². The third kappa shape index (κ3) is 2.29. The van der Waals surface area contributed by atoms with E-state index in [1.165, 1.54) is 16.9 Å². The molecule has 0 atom stereocenters. The average molecular weight is 210 g/mol. The summed E-state index contributed by atoms with van der Waals surface area (Å²) >= 11 is 7.21. The summed E-state index contributed by atoms with van der Waals surface area (Å²) < 4.78 is 0.617. The number of rotatable bonds is 2. The molecule has 1 nitrogen and oxygen atoms in total. The lowest BCUT2D eigenvalue weighted by molar-refractivity contribution is 1.11. The van der Waals surface area contributed by atoms with E-state index in [9.17, 15) is 0 Å². The van der Waals surface area contributed by atoms with Crippen molar-refractivity contribution < 1.29 is 0 Å². The normalized spacial score (nSPS) is 10.2. The summed E-state index contributed by atoms with van der Waals surface area (Å²) in [6.07, 6.45) is 0.865. The highest BCUT2D eigenvalue weighted by molar-refractivity contribution is 7.13. The van der Waals surface area contributed by atoms with Crippen LogP contribution in [-0.2, 0) is 6.42 Å². The maximum atomic E-state index is 5.73. The first-order valence-electron chi connectivity index (χ1n) is 3.98. The number of benzene rings is 1. The van der Waals surface area contributed by atoms with Crippen LogP contribution in [0, 0.1) is 0 Å². The van der Waals surface area contributed by atoms with Crippen molar-refractivity contribution in [1.82, 2.24) is 4.98 Å². The van der Waals surface area contributed by atoms with Crippen LogP contribution in [0.5, 0.6) is 0 Å². The topological polar surface area (TPSA) is 12.9 Å². The summed E-state index contributed by atoms with van der Waals surface area (Å²) in [5.74, 6) is 0. The van der Waals surface area contributed by atoms with Gasteiger partial charge in [-0.25, -0.2) is 4.98 Å². The molecule has 13 heavy (non-hydrogen) atoms. The average Bonchev–Trinajstić information content (AvgIpc) is 2.53. The van der Waals surface area contributed by atoms with Gasteiger partial charge in [0.05, 0.1) is 5.69 Å². The molecule has 0 spiro atoms. The molecule has 2 rings (SSSR count). The molecule has 0 bridgehead atoms. The lowest BCUT2D eigenvalue weighted by atomic mass is 10.1. The summed E-state index contributed by atoms with van der Waals surface area (Å²) in [5, 5.41) is 2.00. The lowest BCUT2D eigenvalue weighted by Gasteiger charge is -1.95. The third-order valence-electron chi connectivity index (χ3n) is 1.75. The van der Waals surface area contributed by atoms with Crippen LogP contribution in [0.15, 0.2) is 35.7 Å². The number of hydrogen-bond acceptors (Lipinski definition) is 2. The zero-order chi connectivity index (χ0) is 9.10. The van der Waals surface area contributed by atoms with Crippen molar-refractivity contribution in [3.8, 4) is 0 Å². The quantitative estimate of drug-likeness (QED) is 0.739. The second-order valence-electron chi connectivity index (χ2n) is 2.75. The number of hydrogen-bond donors (Lipinski definition) is 0. The number of nitrogens with zero attached hydrogens (tertiary/aromatic N) is 1. The minimum Gasteiger partial charge on any atom is -0.230 e. The fourth-order valence-electron chi connectivity index (χ4n) is 1.17. The van der Waals surface area contributed by atoms with E-state index in [-0.39, 0.29) is 0 Å². The first-order chi connectivity index (χ1) is 6.34. The Balaban J connectivity index is 2.15. The van der Waals surface area contributed by atoms with Gasteiger partial charge in [-0.05, 0) is 5.56 Å². The van der Waals surface area contributed by atoms with Gasteiger partial charge in [-0.3, -0.25) is 0 Å². The summed E-state index contributed by atoms with van der Waals surface area (Å²) in [5.41, 5.74) is 2.31. The van der Waals surface area contributed by atoms with Crippen LogP contribution in [0.4, 0.5) is 0 Å². The maximum absolute atomic E-state index is 5.73. The van der Waals surface area contributed by atoms with Crippen LogP contribution in [0.1, 0.15) is 11.3 Å². The number of aromatic nitrogens is 1. The van der Waals surface area contributed by atoms with E-state index in [0.29, 0.717) is 4.47 Å². The van der Waals surface area contributed by atoms with Gasteiger partial charge < -0.3 is 0 Å². The van der Waals surface area contributed by atoms with Crippen molar-refractivity contribution in [2.75, 3.05) is 0 Å². The molecule has 66 valence electrons. The van der Waals surface area contributed by atoms with Gasteiger partial charge >= 0.3 is 0 Å². The summed E-state index contributed by atoms with van der Waals surface area (Å²) in [6.45, 7) is 0. The standard InChI is InChI=1S/C10H8ClNS/c11-10-12-9(7-13-10)6-8-4-2-1-3-5-8/h1-5,7H,6H2. The summed E-state index contributed by atoms with van der Waals surface area (Å²) in [4.78, 5) is 4.19. The van der Waals surface area contributed by atoms with E-state index in [1.807, 2.05) is 23.6 Å². The van der Waals surface area contributed by atoms with E-state index < -0.39 is 0 Å². The largest absolute Gasteiger partial charge is 0.230 e. The van der Waals surface area contributed by atoms with Crippen molar-refractivity contribution >= 4 is 22.9 Å². The fraction of sp³-hybridized carbons (Fsp3) is 0.100. The highest BCUT2D eigenvalue weighted by Crippen LogP contribution is 2.17. The van der Waals surface area contributed by atoms with Crippen LogP contribution in [0.3, 0.4) is 0 Å². The molecule has 0 aliphatic rings. The van der Waals surface area contributed by atoms with Crippen molar-refractivity contribution in [3.05, 3.63) is 51.4 Å².